The number of fused-ring (bicyclic) bond motifs is 1. The number of aromatic nitrogens is 2. The first kappa shape index (κ1) is 20.1. The van der Waals surface area contributed by atoms with Crippen LogP contribution in [0.25, 0.3) is 10.9 Å². The summed E-state index contributed by atoms with van der Waals surface area (Å²) in [4.78, 5) is 30.4. The van der Waals surface area contributed by atoms with Crippen molar-refractivity contribution in [2.45, 2.75) is 50.6 Å². The van der Waals surface area contributed by atoms with Crippen LogP contribution in [0, 0.1) is 6.92 Å². The van der Waals surface area contributed by atoms with Crippen LogP contribution in [0.5, 0.6) is 0 Å². The van der Waals surface area contributed by atoms with Crippen molar-refractivity contribution in [3.63, 3.8) is 0 Å². The molecule has 0 unspecified atom stereocenters. The number of benzene rings is 2. The molecule has 0 fully saturated rings. The van der Waals surface area contributed by atoms with Crippen LogP contribution in [0.15, 0.2) is 58.5 Å². The van der Waals surface area contributed by atoms with Gasteiger partial charge in [-0.1, -0.05) is 48.5 Å². The zero-order valence-corrected chi connectivity index (χ0v) is 17.4. The minimum atomic E-state index is -0.398. The molecule has 0 saturated heterocycles. The van der Waals surface area contributed by atoms with Crippen LogP contribution in [-0.4, -0.2) is 20.7 Å². The Morgan fingerprint density at radius 1 is 1.14 bits per heavy atom. The van der Waals surface area contributed by atoms with Crippen LogP contribution in [0.1, 0.15) is 38.8 Å². The maximum atomic E-state index is 13.0. The summed E-state index contributed by atoms with van der Waals surface area (Å²) in [6.45, 7) is 7.87. The molecular formula is C22H25N3O2S. The van der Waals surface area contributed by atoms with Crippen molar-refractivity contribution >= 4 is 34.3 Å². The van der Waals surface area contributed by atoms with Gasteiger partial charge >= 0.3 is 0 Å². The summed E-state index contributed by atoms with van der Waals surface area (Å²) in [5, 5.41) is 3.70. The lowest BCUT2D eigenvalue weighted by molar-refractivity contribution is -0.115. The zero-order valence-electron chi connectivity index (χ0n) is 16.6. The molecule has 0 saturated carbocycles. The van der Waals surface area contributed by atoms with Crippen molar-refractivity contribution < 1.29 is 4.79 Å². The van der Waals surface area contributed by atoms with Crippen molar-refractivity contribution in [2.75, 3.05) is 5.32 Å². The van der Waals surface area contributed by atoms with Crippen LogP contribution in [0.4, 0.5) is 5.69 Å². The molecule has 0 spiro atoms. The van der Waals surface area contributed by atoms with Crippen LogP contribution in [0.3, 0.4) is 0 Å². The van der Waals surface area contributed by atoms with Gasteiger partial charge in [0.1, 0.15) is 0 Å². The van der Waals surface area contributed by atoms with Crippen LogP contribution in [0.2, 0.25) is 0 Å². The number of nitrogens with one attached hydrogen (secondary N) is 1. The molecule has 2 atom stereocenters. The fourth-order valence-corrected chi connectivity index (χ4v) is 3.88. The molecule has 146 valence electrons. The molecule has 1 aromatic heterocycles. The largest absolute Gasteiger partial charge is 0.325 e. The molecule has 0 aliphatic rings. The van der Waals surface area contributed by atoms with E-state index >= 15 is 0 Å². The Morgan fingerprint density at radius 2 is 1.82 bits per heavy atom. The summed E-state index contributed by atoms with van der Waals surface area (Å²) in [6, 6.07) is 15.0. The van der Waals surface area contributed by atoms with Gasteiger partial charge in [0.15, 0.2) is 5.16 Å². The Hall–Kier alpha value is -2.60. The topological polar surface area (TPSA) is 64.0 Å². The second-order valence-electron chi connectivity index (χ2n) is 6.96. The van der Waals surface area contributed by atoms with E-state index in [1.807, 2.05) is 70.2 Å². The number of para-hydroxylation sites is 1. The fraction of sp³-hybridized carbons (Fsp3) is 0.318. The summed E-state index contributed by atoms with van der Waals surface area (Å²) in [5.41, 5.74) is 2.49. The molecule has 1 heterocycles. The highest BCUT2D eigenvalue weighted by molar-refractivity contribution is 8.00. The van der Waals surface area contributed by atoms with E-state index in [0.717, 1.165) is 17.7 Å². The van der Waals surface area contributed by atoms with E-state index in [4.69, 9.17) is 4.98 Å². The molecule has 5 nitrogen and oxygen atoms in total. The number of carbonyl (C=O) groups excluding carboxylic acids is 1. The smallest absolute Gasteiger partial charge is 0.262 e. The second kappa shape index (κ2) is 8.61. The number of nitrogens with zero attached hydrogens (tertiary/aromatic N) is 2. The van der Waals surface area contributed by atoms with E-state index in [-0.39, 0.29) is 17.5 Å². The van der Waals surface area contributed by atoms with Gasteiger partial charge in [0.25, 0.3) is 5.56 Å². The Kier molecular flexibility index (Phi) is 6.19. The molecule has 1 N–H and O–H groups in total. The van der Waals surface area contributed by atoms with Crippen molar-refractivity contribution in [3.05, 3.63) is 64.4 Å². The minimum absolute atomic E-state index is 0.000495. The average molecular weight is 396 g/mol. The Balaban J connectivity index is 1.90. The highest BCUT2D eigenvalue weighted by Crippen LogP contribution is 2.26. The van der Waals surface area contributed by atoms with Crippen LogP contribution >= 0.6 is 11.8 Å². The highest BCUT2D eigenvalue weighted by atomic mass is 32.2. The Bertz CT molecular complexity index is 1040. The standard InChI is InChI=1S/C22H25N3O2S/c1-5-15(3)25-21(27)18-8-6-7-9-19(18)24-22(25)28-16(4)20(26)23-17-12-10-14(2)11-13-17/h6-13,15-16H,5H2,1-4H3,(H,23,26)/t15-,16-/m1/s1. The lowest BCUT2D eigenvalue weighted by Crippen LogP contribution is -2.28. The highest BCUT2D eigenvalue weighted by Gasteiger charge is 2.21. The van der Waals surface area contributed by atoms with Gasteiger partial charge in [0, 0.05) is 11.7 Å². The molecule has 0 radical (unpaired) electrons. The van der Waals surface area contributed by atoms with Gasteiger partial charge in [-0.3, -0.25) is 14.2 Å². The normalized spacial score (nSPS) is 13.3. The summed E-state index contributed by atoms with van der Waals surface area (Å²) in [6.07, 6.45) is 0.803. The quantitative estimate of drug-likeness (QED) is 0.481. The minimum Gasteiger partial charge on any atom is -0.325 e. The number of amides is 1. The first-order valence-electron chi connectivity index (χ1n) is 9.46. The molecule has 3 rings (SSSR count). The van der Waals surface area contributed by atoms with Gasteiger partial charge in [0.05, 0.1) is 16.2 Å². The molecule has 1 amide bonds. The van der Waals surface area contributed by atoms with Crippen molar-refractivity contribution in [2.24, 2.45) is 0 Å². The molecule has 6 heteroatoms. The van der Waals surface area contributed by atoms with Gasteiger partial charge in [-0.15, -0.1) is 0 Å². The van der Waals surface area contributed by atoms with E-state index in [2.05, 4.69) is 5.32 Å². The van der Waals surface area contributed by atoms with Crippen molar-refractivity contribution in [1.29, 1.82) is 0 Å². The fourth-order valence-electron chi connectivity index (χ4n) is 2.87. The lowest BCUT2D eigenvalue weighted by atomic mass is 10.2. The SMILES string of the molecule is CC[C@@H](C)n1c(S[C@H](C)C(=O)Nc2ccc(C)cc2)nc2ccccc2c1=O. The number of rotatable bonds is 6. The van der Waals surface area contributed by atoms with E-state index in [0.29, 0.717) is 16.1 Å². The number of carbonyl (C=O) groups is 1. The van der Waals surface area contributed by atoms with E-state index < -0.39 is 5.25 Å². The van der Waals surface area contributed by atoms with E-state index in [9.17, 15) is 9.59 Å². The Morgan fingerprint density at radius 3 is 2.50 bits per heavy atom. The summed E-state index contributed by atoms with van der Waals surface area (Å²) < 4.78 is 1.71. The van der Waals surface area contributed by atoms with Crippen LogP contribution < -0.4 is 10.9 Å². The van der Waals surface area contributed by atoms with Gasteiger partial charge in [-0.05, 0) is 51.5 Å². The number of hydrogen-bond acceptors (Lipinski definition) is 4. The number of anilines is 1. The number of aryl methyl sites for hydroxylation is 1. The summed E-state index contributed by atoms with van der Waals surface area (Å²) in [7, 11) is 0. The van der Waals surface area contributed by atoms with Gasteiger partial charge in [0.2, 0.25) is 5.91 Å². The third-order valence-electron chi connectivity index (χ3n) is 4.78. The molecule has 3 aromatic rings. The molecule has 0 aliphatic heterocycles. The average Bonchev–Trinajstić information content (AvgIpc) is 2.69. The van der Waals surface area contributed by atoms with E-state index in [1.54, 1.807) is 10.6 Å². The number of hydrogen-bond donors (Lipinski definition) is 1. The van der Waals surface area contributed by atoms with Gasteiger partial charge in [-0.2, -0.15) is 0 Å². The predicted octanol–water partition coefficient (Wildman–Crippen LogP) is 4.80. The molecule has 2 aromatic carbocycles. The monoisotopic (exact) mass is 395 g/mol. The first-order valence-corrected chi connectivity index (χ1v) is 10.3. The predicted molar refractivity (Wildman–Crippen MR) is 116 cm³/mol. The third-order valence-corrected chi connectivity index (χ3v) is 5.84. The van der Waals surface area contributed by atoms with Crippen molar-refractivity contribution in [3.8, 4) is 0 Å². The second-order valence-corrected chi connectivity index (χ2v) is 8.27. The summed E-state index contributed by atoms with van der Waals surface area (Å²) >= 11 is 1.31. The van der Waals surface area contributed by atoms with E-state index in [1.165, 1.54) is 11.8 Å². The first-order chi connectivity index (χ1) is 13.4. The Labute approximate surface area is 169 Å². The number of thioether (sulfide) groups is 1. The molecule has 0 bridgehead atoms. The zero-order chi connectivity index (χ0) is 20.3. The van der Waals surface area contributed by atoms with Gasteiger partial charge in [-0.25, -0.2) is 4.98 Å². The maximum absolute atomic E-state index is 13.0. The maximum Gasteiger partial charge on any atom is 0.262 e. The van der Waals surface area contributed by atoms with Gasteiger partial charge < -0.3 is 5.32 Å². The molecule has 28 heavy (non-hydrogen) atoms. The molecular weight excluding hydrogens is 370 g/mol. The lowest BCUT2D eigenvalue weighted by Gasteiger charge is -2.20. The molecule has 0 aliphatic carbocycles. The van der Waals surface area contributed by atoms with Crippen molar-refractivity contribution in [1.82, 2.24) is 9.55 Å². The van der Waals surface area contributed by atoms with Crippen LogP contribution in [-0.2, 0) is 4.79 Å². The summed E-state index contributed by atoms with van der Waals surface area (Å²) in [5.74, 6) is -0.119. The third kappa shape index (κ3) is 4.28.